The van der Waals surface area contributed by atoms with Gasteiger partial charge in [0.1, 0.15) is 5.82 Å². The molecule has 19 heavy (non-hydrogen) atoms. The van der Waals surface area contributed by atoms with E-state index in [-0.39, 0.29) is 16.4 Å². The number of nitrogens with one attached hydrogen (secondary N) is 1. The van der Waals surface area contributed by atoms with Crippen LogP contribution >= 0.6 is 15.9 Å². The maximum Gasteiger partial charge on any atom is 0.281 e. The summed E-state index contributed by atoms with van der Waals surface area (Å²) in [7, 11) is -3.97. The van der Waals surface area contributed by atoms with Crippen LogP contribution in [0.15, 0.2) is 46.0 Å². The fourth-order valence-corrected chi connectivity index (χ4v) is 3.01. The van der Waals surface area contributed by atoms with E-state index in [2.05, 4.69) is 25.6 Å². The molecule has 0 atom stereocenters. The zero-order valence-electron chi connectivity index (χ0n) is 9.47. The maximum absolute atomic E-state index is 13.1. The summed E-state index contributed by atoms with van der Waals surface area (Å²) >= 11 is 3.13. The number of nitrogen functional groups attached to an aromatic ring is 1. The van der Waals surface area contributed by atoms with Gasteiger partial charge in [0.25, 0.3) is 10.0 Å². The SMILES string of the molecule is Nc1cccnc1S(=O)(=O)Nc1cc(F)ccc1Br. The molecule has 0 aliphatic rings. The summed E-state index contributed by atoms with van der Waals surface area (Å²) in [5.41, 5.74) is 5.65. The highest BCUT2D eigenvalue weighted by atomic mass is 79.9. The molecule has 0 saturated heterocycles. The number of benzene rings is 1. The first-order valence-corrected chi connectivity index (χ1v) is 7.36. The monoisotopic (exact) mass is 345 g/mol. The van der Waals surface area contributed by atoms with E-state index in [9.17, 15) is 12.8 Å². The van der Waals surface area contributed by atoms with Crippen molar-refractivity contribution in [3.8, 4) is 0 Å². The summed E-state index contributed by atoms with van der Waals surface area (Å²) < 4.78 is 39.9. The molecule has 0 saturated carbocycles. The van der Waals surface area contributed by atoms with Gasteiger partial charge in [0.05, 0.1) is 11.4 Å². The molecule has 1 aromatic heterocycles. The quantitative estimate of drug-likeness (QED) is 0.894. The average molecular weight is 346 g/mol. The molecule has 3 N–H and O–H groups in total. The topological polar surface area (TPSA) is 85.1 Å². The highest BCUT2D eigenvalue weighted by molar-refractivity contribution is 9.10. The molecule has 2 aromatic rings. The second-order valence-electron chi connectivity index (χ2n) is 3.63. The number of hydrogen-bond donors (Lipinski definition) is 2. The van der Waals surface area contributed by atoms with Crippen molar-refractivity contribution in [2.45, 2.75) is 5.03 Å². The van der Waals surface area contributed by atoms with Crippen molar-refractivity contribution < 1.29 is 12.8 Å². The van der Waals surface area contributed by atoms with E-state index in [1.54, 1.807) is 0 Å². The lowest BCUT2D eigenvalue weighted by atomic mass is 10.3. The van der Waals surface area contributed by atoms with E-state index in [0.717, 1.165) is 6.07 Å². The number of anilines is 2. The van der Waals surface area contributed by atoms with Gasteiger partial charge >= 0.3 is 0 Å². The zero-order chi connectivity index (χ0) is 14.0. The van der Waals surface area contributed by atoms with E-state index in [1.165, 1.54) is 30.5 Å². The molecule has 0 bridgehead atoms. The van der Waals surface area contributed by atoms with Crippen LogP contribution in [0.5, 0.6) is 0 Å². The molecule has 1 aromatic carbocycles. The van der Waals surface area contributed by atoms with Crippen LogP contribution in [0.2, 0.25) is 0 Å². The van der Waals surface area contributed by atoms with Crippen LogP contribution in [-0.4, -0.2) is 13.4 Å². The van der Waals surface area contributed by atoms with E-state index in [4.69, 9.17) is 5.73 Å². The standard InChI is InChI=1S/C11H9BrFN3O2S/c12-8-4-3-7(13)6-10(8)16-19(17,18)11-9(14)2-1-5-15-11/h1-6,16H,14H2. The summed E-state index contributed by atoms with van der Waals surface area (Å²) in [5, 5.41) is -0.300. The van der Waals surface area contributed by atoms with Gasteiger partial charge in [-0.1, -0.05) is 0 Å². The second-order valence-corrected chi connectivity index (χ2v) is 6.08. The maximum atomic E-state index is 13.1. The number of nitrogens with zero attached hydrogens (tertiary/aromatic N) is 1. The van der Waals surface area contributed by atoms with Gasteiger partial charge < -0.3 is 5.73 Å². The first kappa shape index (κ1) is 13.8. The smallest absolute Gasteiger partial charge is 0.281 e. The van der Waals surface area contributed by atoms with Gasteiger partial charge in [-0.25, -0.2) is 9.37 Å². The minimum atomic E-state index is -3.97. The van der Waals surface area contributed by atoms with Crippen LogP contribution in [0.25, 0.3) is 0 Å². The Kier molecular flexibility index (Phi) is 3.72. The number of pyridine rings is 1. The van der Waals surface area contributed by atoms with Crippen LogP contribution in [0.1, 0.15) is 0 Å². The Bertz CT molecular complexity index is 722. The highest BCUT2D eigenvalue weighted by Crippen LogP contribution is 2.26. The number of rotatable bonds is 3. The van der Waals surface area contributed by atoms with E-state index in [1.807, 2.05) is 0 Å². The summed E-state index contributed by atoms with van der Waals surface area (Å²) in [6.07, 6.45) is 1.31. The lowest BCUT2D eigenvalue weighted by Gasteiger charge is -2.10. The predicted molar refractivity (Wildman–Crippen MR) is 73.6 cm³/mol. The van der Waals surface area contributed by atoms with Crippen LogP contribution in [0.4, 0.5) is 15.8 Å². The van der Waals surface area contributed by atoms with Crippen LogP contribution in [-0.2, 0) is 10.0 Å². The molecule has 5 nitrogen and oxygen atoms in total. The normalized spacial score (nSPS) is 11.3. The van der Waals surface area contributed by atoms with Crippen molar-refractivity contribution in [1.29, 1.82) is 0 Å². The summed E-state index contributed by atoms with van der Waals surface area (Å²) in [4.78, 5) is 3.71. The van der Waals surface area contributed by atoms with Gasteiger partial charge in [-0.05, 0) is 46.3 Å². The summed E-state index contributed by atoms with van der Waals surface area (Å²) in [5.74, 6) is -0.560. The Morgan fingerprint density at radius 1 is 1.32 bits per heavy atom. The predicted octanol–water partition coefficient (Wildman–Crippen LogP) is 2.37. The van der Waals surface area contributed by atoms with Crippen molar-refractivity contribution in [3.63, 3.8) is 0 Å². The molecule has 2 rings (SSSR count). The molecular weight excluding hydrogens is 337 g/mol. The largest absolute Gasteiger partial charge is 0.396 e. The Labute approximate surface area is 117 Å². The number of halogens is 2. The number of nitrogens with two attached hydrogens (primary N) is 1. The van der Waals surface area contributed by atoms with Gasteiger partial charge in [0.15, 0.2) is 5.03 Å². The van der Waals surface area contributed by atoms with E-state index < -0.39 is 15.8 Å². The fourth-order valence-electron chi connectivity index (χ4n) is 1.40. The average Bonchev–Trinajstić information content (AvgIpc) is 2.34. The highest BCUT2D eigenvalue weighted by Gasteiger charge is 2.20. The number of aromatic nitrogens is 1. The van der Waals surface area contributed by atoms with Crippen LogP contribution in [0, 0.1) is 5.82 Å². The van der Waals surface area contributed by atoms with Crippen molar-refractivity contribution in [2.24, 2.45) is 0 Å². The third-order valence-corrected chi connectivity index (χ3v) is 4.26. The minimum absolute atomic E-state index is 0.0162. The summed E-state index contributed by atoms with van der Waals surface area (Å²) in [6, 6.07) is 6.60. The van der Waals surface area contributed by atoms with E-state index in [0.29, 0.717) is 4.47 Å². The lowest BCUT2D eigenvalue weighted by Crippen LogP contribution is -2.16. The zero-order valence-corrected chi connectivity index (χ0v) is 11.9. The molecular formula is C11H9BrFN3O2S. The van der Waals surface area contributed by atoms with Crippen molar-refractivity contribution >= 4 is 37.3 Å². The van der Waals surface area contributed by atoms with Crippen LogP contribution < -0.4 is 10.5 Å². The third kappa shape index (κ3) is 3.02. The lowest BCUT2D eigenvalue weighted by molar-refractivity contribution is 0.598. The van der Waals surface area contributed by atoms with Gasteiger partial charge in [-0.15, -0.1) is 0 Å². The molecule has 0 aliphatic heterocycles. The number of sulfonamides is 1. The Morgan fingerprint density at radius 2 is 2.05 bits per heavy atom. The summed E-state index contributed by atoms with van der Waals surface area (Å²) in [6.45, 7) is 0. The van der Waals surface area contributed by atoms with Gasteiger partial charge in [-0.3, -0.25) is 4.72 Å². The first-order valence-electron chi connectivity index (χ1n) is 5.08. The molecule has 0 amide bonds. The third-order valence-electron chi connectivity index (χ3n) is 2.23. The minimum Gasteiger partial charge on any atom is -0.396 e. The van der Waals surface area contributed by atoms with Crippen molar-refractivity contribution in [2.75, 3.05) is 10.5 Å². The molecule has 0 spiro atoms. The van der Waals surface area contributed by atoms with E-state index >= 15 is 0 Å². The molecule has 0 aliphatic carbocycles. The second kappa shape index (κ2) is 5.14. The Morgan fingerprint density at radius 3 is 2.74 bits per heavy atom. The molecule has 0 radical (unpaired) electrons. The molecule has 100 valence electrons. The van der Waals surface area contributed by atoms with Gasteiger partial charge in [0.2, 0.25) is 0 Å². The van der Waals surface area contributed by atoms with Gasteiger partial charge in [0, 0.05) is 10.7 Å². The van der Waals surface area contributed by atoms with Crippen molar-refractivity contribution in [3.05, 3.63) is 46.8 Å². The van der Waals surface area contributed by atoms with Crippen molar-refractivity contribution in [1.82, 2.24) is 4.98 Å². The molecule has 0 fully saturated rings. The Hall–Kier alpha value is -1.67. The van der Waals surface area contributed by atoms with Crippen LogP contribution in [0.3, 0.4) is 0 Å². The van der Waals surface area contributed by atoms with Gasteiger partial charge in [-0.2, -0.15) is 8.42 Å². The first-order chi connectivity index (χ1) is 8.90. The molecule has 0 unspecified atom stereocenters. The number of hydrogen-bond acceptors (Lipinski definition) is 4. The fraction of sp³-hybridized carbons (Fsp3) is 0. The molecule has 1 heterocycles. The Balaban J connectivity index is 2.43. The molecule has 8 heteroatoms.